The van der Waals surface area contributed by atoms with Crippen molar-refractivity contribution in [1.29, 1.82) is 0 Å². The molecule has 0 bridgehead atoms. The van der Waals surface area contributed by atoms with Crippen LogP contribution < -0.4 is 10.1 Å². The maximum atomic E-state index is 13.7. The van der Waals surface area contributed by atoms with Crippen molar-refractivity contribution in [2.45, 2.75) is 39.9 Å². The van der Waals surface area contributed by atoms with Gasteiger partial charge in [-0.1, -0.05) is 13.8 Å². The number of ether oxygens (including phenoxy) is 1. The Bertz CT molecular complexity index is 460. The molecule has 1 aromatic carbocycles. The molecule has 112 valence electrons. The summed E-state index contributed by atoms with van der Waals surface area (Å²) in [6.45, 7) is 7.66. The van der Waals surface area contributed by atoms with Gasteiger partial charge in [-0.15, -0.1) is 0 Å². The summed E-state index contributed by atoms with van der Waals surface area (Å²) in [6.07, 6.45) is -1.58. The molecule has 0 heterocycles. The maximum Gasteiger partial charge on any atom is 0.260 e. The Hall–Kier alpha value is -1.62. The van der Waals surface area contributed by atoms with Crippen molar-refractivity contribution in [3.63, 3.8) is 0 Å². The van der Waals surface area contributed by atoms with Gasteiger partial charge in [-0.2, -0.15) is 0 Å². The Morgan fingerprint density at radius 2 is 2.00 bits per heavy atom. The van der Waals surface area contributed by atoms with Crippen molar-refractivity contribution in [2.75, 3.05) is 6.54 Å². The van der Waals surface area contributed by atoms with E-state index in [4.69, 9.17) is 4.74 Å². The third-order valence-corrected chi connectivity index (χ3v) is 2.79. The van der Waals surface area contributed by atoms with Gasteiger partial charge in [0.15, 0.2) is 6.10 Å². The molecule has 0 spiro atoms. The fourth-order valence-corrected chi connectivity index (χ4v) is 1.63. The highest BCUT2D eigenvalue weighted by atomic mass is 19.1. The fourth-order valence-electron chi connectivity index (χ4n) is 1.63. The quantitative estimate of drug-likeness (QED) is 0.843. The Labute approximate surface area is 119 Å². The predicted octanol–water partition coefficient (Wildman–Crippen LogP) is 2.42. The molecule has 1 aromatic rings. The number of carbonyl (C=O) groups is 1. The molecule has 5 heteroatoms. The van der Waals surface area contributed by atoms with Crippen LogP contribution in [-0.4, -0.2) is 23.7 Å². The average Bonchev–Trinajstić information content (AvgIpc) is 2.35. The summed E-state index contributed by atoms with van der Waals surface area (Å²) < 4.78 is 19.1. The summed E-state index contributed by atoms with van der Waals surface area (Å²) in [5, 5.41) is 12.1. The van der Waals surface area contributed by atoms with E-state index in [1.165, 1.54) is 25.1 Å². The Balaban J connectivity index is 2.64. The van der Waals surface area contributed by atoms with Crippen LogP contribution in [0.4, 0.5) is 4.39 Å². The predicted molar refractivity (Wildman–Crippen MR) is 75.0 cm³/mol. The van der Waals surface area contributed by atoms with Crippen LogP contribution >= 0.6 is 0 Å². The van der Waals surface area contributed by atoms with E-state index in [-0.39, 0.29) is 17.2 Å². The van der Waals surface area contributed by atoms with Gasteiger partial charge < -0.3 is 15.2 Å². The first kappa shape index (κ1) is 16.4. The van der Waals surface area contributed by atoms with Crippen molar-refractivity contribution in [2.24, 2.45) is 5.92 Å². The molecule has 0 saturated carbocycles. The van der Waals surface area contributed by atoms with E-state index in [2.05, 4.69) is 5.32 Å². The van der Waals surface area contributed by atoms with Crippen molar-refractivity contribution in [3.8, 4) is 5.75 Å². The smallest absolute Gasteiger partial charge is 0.260 e. The Morgan fingerprint density at radius 1 is 1.35 bits per heavy atom. The number of carbonyl (C=O) groups excluding carboxylic acids is 1. The van der Waals surface area contributed by atoms with Crippen LogP contribution in [0.25, 0.3) is 0 Å². The minimum Gasteiger partial charge on any atom is -0.481 e. The summed E-state index contributed by atoms with van der Waals surface area (Å²) in [4.78, 5) is 11.7. The van der Waals surface area contributed by atoms with Gasteiger partial charge >= 0.3 is 0 Å². The molecule has 0 fully saturated rings. The lowest BCUT2D eigenvalue weighted by atomic mass is 10.1. The summed E-state index contributed by atoms with van der Waals surface area (Å²) in [7, 11) is 0. The zero-order valence-electron chi connectivity index (χ0n) is 12.3. The third kappa shape index (κ3) is 4.81. The van der Waals surface area contributed by atoms with Gasteiger partial charge in [0.25, 0.3) is 5.91 Å². The number of hydrogen-bond donors (Lipinski definition) is 2. The molecule has 1 rings (SSSR count). The zero-order chi connectivity index (χ0) is 15.3. The summed E-state index contributed by atoms with van der Waals surface area (Å²) in [5.74, 6) is -0.168. The topological polar surface area (TPSA) is 58.6 Å². The van der Waals surface area contributed by atoms with E-state index >= 15 is 0 Å². The number of rotatable bonds is 6. The van der Waals surface area contributed by atoms with Gasteiger partial charge in [-0.05, 0) is 31.9 Å². The first-order valence-corrected chi connectivity index (χ1v) is 6.73. The highest BCUT2D eigenvalue weighted by molar-refractivity contribution is 5.80. The van der Waals surface area contributed by atoms with E-state index in [0.29, 0.717) is 12.5 Å². The molecule has 0 saturated heterocycles. The molecule has 1 amide bonds. The molecule has 0 aliphatic rings. The number of benzene rings is 1. The first-order valence-electron chi connectivity index (χ1n) is 6.73. The monoisotopic (exact) mass is 283 g/mol. The second kappa shape index (κ2) is 7.24. The van der Waals surface area contributed by atoms with Crippen LogP contribution in [0.5, 0.6) is 5.75 Å². The van der Waals surface area contributed by atoms with Crippen LogP contribution in [0.2, 0.25) is 0 Å². The second-order valence-corrected chi connectivity index (χ2v) is 5.26. The van der Waals surface area contributed by atoms with Gasteiger partial charge in [0, 0.05) is 18.2 Å². The number of aliphatic hydroxyl groups excluding tert-OH is 1. The molecule has 2 N–H and O–H groups in total. The maximum absolute atomic E-state index is 13.7. The molecular formula is C15H22FNO3. The molecule has 4 nitrogen and oxygen atoms in total. The molecule has 0 aliphatic carbocycles. The highest BCUT2D eigenvalue weighted by Gasteiger charge is 2.16. The molecule has 20 heavy (non-hydrogen) atoms. The number of hydrogen-bond acceptors (Lipinski definition) is 3. The van der Waals surface area contributed by atoms with Crippen molar-refractivity contribution >= 4 is 5.91 Å². The molecule has 1 unspecified atom stereocenters. The van der Waals surface area contributed by atoms with Crippen molar-refractivity contribution < 1.29 is 19.0 Å². The average molecular weight is 283 g/mol. The van der Waals surface area contributed by atoms with Crippen LogP contribution in [-0.2, 0) is 4.79 Å². The molecule has 0 aromatic heterocycles. The third-order valence-electron chi connectivity index (χ3n) is 2.79. The number of amides is 1. The van der Waals surface area contributed by atoms with Crippen LogP contribution in [0, 0.1) is 11.7 Å². The van der Waals surface area contributed by atoms with E-state index in [0.717, 1.165) is 0 Å². The fraction of sp³-hybridized carbons (Fsp3) is 0.533. The second-order valence-electron chi connectivity index (χ2n) is 5.26. The first-order chi connectivity index (χ1) is 9.31. The Kier molecular flexibility index (Phi) is 5.95. The SMILES string of the molecule is CC(C)CNC(=O)C(C)Oc1ccc([C@H](C)O)c(F)c1. The van der Waals surface area contributed by atoms with E-state index in [9.17, 15) is 14.3 Å². The van der Waals surface area contributed by atoms with Gasteiger partial charge in [-0.3, -0.25) is 4.79 Å². The van der Waals surface area contributed by atoms with E-state index < -0.39 is 18.0 Å². The summed E-state index contributed by atoms with van der Waals surface area (Å²) in [5.41, 5.74) is 0.203. The van der Waals surface area contributed by atoms with Gasteiger partial charge in [-0.25, -0.2) is 4.39 Å². The largest absolute Gasteiger partial charge is 0.481 e. The molecule has 2 atom stereocenters. The lowest BCUT2D eigenvalue weighted by molar-refractivity contribution is -0.127. The van der Waals surface area contributed by atoms with Gasteiger partial charge in [0.1, 0.15) is 11.6 Å². The minimum absolute atomic E-state index is 0.203. The highest BCUT2D eigenvalue weighted by Crippen LogP contribution is 2.22. The van der Waals surface area contributed by atoms with Crippen LogP contribution in [0.1, 0.15) is 39.4 Å². The molecular weight excluding hydrogens is 261 g/mol. The van der Waals surface area contributed by atoms with E-state index in [1.807, 2.05) is 13.8 Å². The van der Waals surface area contributed by atoms with Crippen molar-refractivity contribution in [1.82, 2.24) is 5.32 Å². The number of halogens is 1. The normalized spacial score (nSPS) is 13.9. The van der Waals surface area contributed by atoms with Gasteiger partial charge in [0.2, 0.25) is 0 Å². The standard InChI is InChI=1S/C15H22FNO3/c1-9(2)8-17-15(19)11(4)20-12-5-6-13(10(3)18)14(16)7-12/h5-7,9-11,18H,8H2,1-4H3,(H,17,19)/t10-,11?/m0/s1. The lowest BCUT2D eigenvalue weighted by Gasteiger charge is -2.16. The van der Waals surface area contributed by atoms with Crippen molar-refractivity contribution in [3.05, 3.63) is 29.6 Å². The number of nitrogens with one attached hydrogen (secondary N) is 1. The van der Waals surface area contributed by atoms with Crippen LogP contribution in [0.15, 0.2) is 18.2 Å². The zero-order valence-corrected chi connectivity index (χ0v) is 12.3. The van der Waals surface area contributed by atoms with Crippen LogP contribution in [0.3, 0.4) is 0 Å². The minimum atomic E-state index is -0.879. The van der Waals surface area contributed by atoms with Gasteiger partial charge in [0.05, 0.1) is 6.10 Å². The summed E-state index contributed by atoms with van der Waals surface area (Å²) in [6, 6.07) is 4.17. The Morgan fingerprint density at radius 3 is 2.50 bits per heavy atom. The van der Waals surface area contributed by atoms with E-state index in [1.54, 1.807) is 6.92 Å². The lowest BCUT2D eigenvalue weighted by Crippen LogP contribution is -2.38. The molecule has 0 radical (unpaired) electrons. The summed E-state index contributed by atoms with van der Waals surface area (Å²) >= 11 is 0. The number of aliphatic hydroxyl groups is 1. The molecule has 0 aliphatic heterocycles.